The minimum atomic E-state index is -4.23. The fourth-order valence-corrected chi connectivity index (χ4v) is 1.02. The van der Waals surface area contributed by atoms with Gasteiger partial charge in [-0.05, 0) is 17.6 Å². The Morgan fingerprint density at radius 3 is 2.12 bits per heavy atom. The minimum Gasteiger partial charge on any atom is -0.493 e. The van der Waals surface area contributed by atoms with Crippen LogP contribution in [0.15, 0.2) is 24.3 Å². The Morgan fingerprint density at radius 2 is 1.69 bits per heavy atom. The van der Waals surface area contributed by atoms with Gasteiger partial charge in [0, 0.05) is 0 Å². The van der Waals surface area contributed by atoms with Crippen molar-refractivity contribution in [1.29, 1.82) is 0 Å². The Hall–Kier alpha value is -1.21. The minimum absolute atomic E-state index is 0.253. The van der Waals surface area contributed by atoms with Crippen molar-refractivity contribution < 1.29 is 28.0 Å². The van der Waals surface area contributed by atoms with Crippen LogP contribution in [0.2, 0.25) is 0 Å². The molecule has 2 N–H and O–H groups in total. The van der Waals surface area contributed by atoms with Gasteiger partial charge in [-0.2, -0.15) is 13.2 Å². The van der Waals surface area contributed by atoms with Crippen molar-refractivity contribution in [1.82, 2.24) is 0 Å². The molecule has 0 fully saturated rings. The number of ether oxygens (including phenoxy) is 1. The normalized spacial score (nSPS) is 11.3. The predicted molar refractivity (Wildman–Crippen MR) is 52.4 cm³/mol. The Morgan fingerprint density at radius 1 is 1.12 bits per heavy atom. The maximum absolute atomic E-state index is 11.8. The topological polar surface area (TPSA) is 49.7 Å². The molecule has 0 amide bonds. The molecule has 0 heterocycles. The third-order valence-corrected chi connectivity index (χ3v) is 1.83. The fraction of sp³-hybridized carbons (Fsp3) is 0.333. The van der Waals surface area contributed by atoms with E-state index in [-0.39, 0.29) is 11.2 Å². The molecule has 1 aromatic rings. The van der Waals surface area contributed by atoms with E-state index in [2.05, 4.69) is 0 Å². The second-order valence-corrected chi connectivity index (χ2v) is 3.16. The number of benzene rings is 1. The van der Waals surface area contributed by atoms with Gasteiger partial charge in [-0.15, -0.1) is 0 Å². The molecule has 7 heteroatoms. The van der Waals surface area contributed by atoms with Crippen molar-refractivity contribution in [2.45, 2.75) is 12.6 Å². The van der Waals surface area contributed by atoms with E-state index in [9.17, 15) is 13.2 Å². The summed E-state index contributed by atoms with van der Waals surface area (Å²) in [6.07, 6.45) is -5.25. The first kappa shape index (κ1) is 12.9. The van der Waals surface area contributed by atoms with Gasteiger partial charge in [0.2, 0.25) is 0 Å². The average molecular weight is 234 g/mol. The van der Waals surface area contributed by atoms with Gasteiger partial charge < -0.3 is 14.8 Å². The number of alkyl halides is 3. The molecule has 0 unspecified atom stereocenters. The summed E-state index contributed by atoms with van der Waals surface area (Å²) in [5, 5.41) is 17.5. The molecule has 0 aliphatic rings. The van der Waals surface area contributed by atoms with Crippen LogP contribution in [-0.2, 0) is 0 Å². The van der Waals surface area contributed by atoms with Gasteiger partial charge in [-0.25, -0.2) is 0 Å². The second kappa shape index (κ2) is 5.22. The van der Waals surface area contributed by atoms with Crippen molar-refractivity contribution >= 4 is 12.6 Å². The largest absolute Gasteiger partial charge is 0.493 e. The molecule has 1 aromatic carbocycles. The quantitative estimate of drug-likeness (QED) is 0.753. The number of halogens is 3. The van der Waals surface area contributed by atoms with Crippen molar-refractivity contribution in [2.75, 3.05) is 6.61 Å². The molecule has 16 heavy (non-hydrogen) atoms. The zero-order valence-electron chi connectivity index (χ0n) is 8.24. The van der Waals surface area contributed by atoms with Crippen LogP contribution in [0.4, 0.5) is 13.2 Å². The van der Waals surface area contributed by atoms with Crippen LogP contribution in [0.3, 0.4) is 0 Å². The van der Waals surface area contributed by atoms with Gasteiger partial charge >= 0.3 is 13.3 Å². The number of hydrogen-bond acceptors (Lipinski definition) is 3. The highest BCUT2D eigenvalue weighted by molar-refractivity contribution is 6.58. The van der Waals surface area contributed by atoms with Crippen molar-refractivity contribution in [2.24, 2.45) is 0 Å². The van der Waals surface area contributed by atoms with E-state index >= 15 is 0 Å². The lowest BCUT2D eigenvalue weighted by Crippen LogP contribution is -2.29. The summed E-state index contributed by atoms with van der Waals surface area (Å²) in [6.45, 7) is -0.454. The molecular weight excluding hydrogens is 224 g/mol. The Kier molecular flexibility index (Phi) is 4.20. The number of hydrogen-bond donors (Lipinski definition) is 2. The molecule has 0 bridgehead atoms. The van der Waals surface area contributed by atoms with Crippen molar-refractivity contribution in [3.63, 3.8) is 0 Å². The predicted octanol–water partition coefficient (Wildman–Crippen LogP) is 0.698. The summed E-state index contributed by atoms with van der Waals surface area (Å²) < 4.78 is 40.2. The first-order valence-electron chi connectivity index (χ1n) is 4.54. The second-order valence-electron chi connectivity index (χ2n) is 3.16. The zero-order chi connectivity index (χ0) is 12.2. The fourth-order valence-electron chi connectivity index (χ4n) is 1.02. The summed E-state index contributed by atoms with van der Waals surface area (Å²) in [7, 11) is -1.59. The highest BCUT2D eigenvalue weighted by atomic mass is 19.4. The van der Waals surface area contributed by atoms with E-state index in [1.165, 1.54) is 24.3 Å². The highest BCUT2D eigenvalue weighted by Gasteiger charge is 2.26. The van der Waals surface area contributed by atoms with E-state index in [0.29, 0.717) is 0 Å². The van der Waals surface area contributed by atoms with Crippen LogP contribution in [0.5, 0.6) is 5.75 Å². The van der Waals surface area contributed by atoms with Crippen LogP contribution in [0.1, 0.15) is 6.42 Å². The van der Waals surface area contributed by atoms with Crippen LogP contribution in [-0.4, -0.2) is 29.9 Å². The standard InChI is InChI=1S/C9H10BF3O3/c11-9(12,13)5-6-16-8-3-1-7(2-4-8)10(14)15/h1-4,14-15H,5-6H2. The average Bonchev–Trinajstić information content (AvgIpc) is 2.16. The Bertz CT molecular complexity index is 324. The van der Waals surface area contributed by atoms with E-state index < -0.39 is 26.3 Å². The lowest BCUT2D eigenvalue weighted by atomic mass is 9.80. The molecule has 0 saturated heterocycles. The molecule has 0 aromatic heterocycles. The van der Waals surface area contributed by atoms with Gasteiger partial charge in [0.05, 0.1) is 13.0 Å². The third kappa shape index (κ3) is 4.54. The molecule has 0 spiro atoms. The van der Waals surface area contributed by atoms with E-state index in [4.69, 9.17) is 14.8 Å². The smallest absolute Gasteiger partial charge is 0.488 e. The van der Waals surface area contributed by atoms with Crippen LogP contribution >= 0.6 is 0 Å². The van der Waals surface area contributed by atoms with Gasteiger partial charge in [0.15, 0.2) is 0 Å². The van der Waals surface area contributed by atoms with E-state index in [0.717, 1.165) is 0 Å². The van der Waals surface area contributed by atoms with E-state index in [1.54, 1.807) is 0 Å². The molecule has 3 nitrogen and oxygen atoms in total. The zero-order valence-corrected chi connectivity index (χ0v) is 8.24. The van der Waals surface area contributed by atoms with Crippen LogP contribution < -0.4 is 10.2 Å². The first-order chi connectivity index (χ1) is 7.38. The Balaban J connectivity index is 2.44. The maximum atomic E-state index is 11.8. The first-order valence-corrected chi connectivity index (χ1v) is 4.54. The van der Waals surface area contributed by atoms with Gasteiger partial charge in [0.1, 0.15) is 5.75 Å². The van der Waals surface area contributed by atoms with Gasteiger partial charge in [-0.1, -0.05) is 12.1 Å². The van der Waals surface area contributed by atoms with Crippen molar-refractivity contribution in [3.8, 4) is 5.75 Å². The molecule has 0 aliphatic carbocycles. The summed E-state index contributed by atoms with van der Waals surface area (Å²) in [4.78, 5) is 0. The van der Waals surface area contributed by atoms with Crippen molar-refractivity contribution in [3.05, 3.63) is 24.3 Å². The molecule has 0 radical (unpaired) electrons. The summed E-state index contributed by atoms with van der Waals surface area (Å²) in [6, 6.07) is 5.50. The monoisotopic (exact) mass is 234 g/mol. The van der Waals surface area contributed by atoms with Gasteiger partial charge in [0.25, 0.3) is 0 Å². The number of rotatable bonds is 4. The van der Waals surface area contributed by atoms with Crippen LogP contribution in [0.25, 0.3) is 0 Å². The SMILES string of the molecule is OB(O)c1ccc(OCCC(F)(F)F)cc1. The van der Waals surface area contributed by atoms with Crippen LogP contribution in [0, 0.1) is 0 Å². The molecule has 0 aliphatic heterocycles. The lowest BCUT2D eigenvalue weighted by Gasteiger charge is -2.08. The molecule has 0 atom stereocenters. The highest BCUT2D eigenvalue weighted by Crippen LogP contribution is 2.19. The summed E-state index contributed by atoms with van der Waals surface area (Å²) in [5.74, 6) is 0.258. The molecule has 88 valence electrons. The third-order valence-electron chi connectivity index (χ3n) is 1.83. The summed E-state index contributed by atoms with van der Waals surface area (Å²) in [5.41, 5.74) is 0.253. The van der Waals surface area contributed by atoms with E-state index in [1.807, 2.05) is 0 Å². The molecule has 0 saturated carbocycles. The molecule has 1 rings (SSSR count). The van der Waals surface area contributed by atoms with Gasteiger partial charge in [-0.3, -0.25) is 0 Å². The maximum Gasteiger partial charge on any atom is 0.488 e. The molecular formula is C9H10BF3O3. The Labute approximate surface area is 90.6 Å². The summed E-state index contributed by atoms with van der Waals surface area (Å²) >= 11 is 0. The lowest BCUT2D eigenvalue weighted by molar-refractivity contribution is -0.139.